The van der Waals surface area contributed by atoms with Crippen LogP contribution in [0.3, 0.4) is 0 Å². The first-order chi connectivity index (χ1) is 8.22. The number of hydrogen-bond acceptors (Lipinski definition) is 3. The Morgan fingerprint density at radius 2 is 2.12 bits per heavy atom. The molecule has 0 atom stereocenters. The van der Waals surface area contributed by atoms with Crippen molar-refractivity contribution in [2.45, 2.75) is 0 Å². The molecule has 0 saturated carbocycles. The van der Waals surface area contributed by atoms with E-state index in [1.807, 2.05) is 41.8 Å². The van der Waals surface area contributed by atoms with Crippen LogP contribution < -0.4 is 9.64 Å². The fourth-order valence-corrected chi connectivity index (χ4v) is 2.20. The second kappa shape index (κ2) is 5.01. The Kier molecular flexibility index (Phi) is 3.44. The molecule has 17 heavy (non-hydrogen) atoms. The Morgan fingerprint density at radius 1 is 1.29 bits per heavy atom. The van der Waals surface area contributed by atoms with Gasteiger partial charge in [0.25, 0.3) is 5.91 Å². The van der Waals surface area contributed by atoms with Crippen molar-refractivity contribution in [2.24, 2.45) is 0 Å². The molecule has 0 aliphatic rings. The molecule has 0 aliphatic heterocycles. The van der Waals surface area contributed by atoms with Crippen LogP contribution in [0.25, 0.3) is 0 Å². The summed E-state index contributed by atoms with van der Waals surface area (Å²) in [7, 11) is 3.37. The summed E-state index contributed by atoms with van der Waals surface area (Å²) < 4.78 is 5.14. The Balaban J connectivity index is 2.24. The lowest BCUT2D eigenvalue weighted by Crippen LogP contribution is -2.25. The predicted octanol–water partition coefficient (Wildman–Crippen LogP) is 3.03. The summed E-state index contributed by atoms with van der Waals surface area (Å²) in [4.78, 5) is 14.5. The first kappa shape index (κ1) is 11.7. The molecule has 2 rings (SSSR count). The molecule has 1 amide bonds. The fraction of sp³-hybridized carbons (Fsp3) is 0.154. The van der Waals surface area contributed by atoms with Crippen LogP contribution >= 0.6 is 11.3 Å². The Morgan fingerprint density at radius 3 is 2.76 bits per heavy atom. The zero-order valence-corrected chi connectivity index (χ0v) is 10.5. The molecular weight excluding hydrogens is 234 g/mol. The number of amides is 1. The maximum atomic E-state index is 12.1. The van der Waals surface area contributed by atoms with Gasteiger partial charge in [0.2, 0.25) is 0 Å². The molecule has 88 valence electrons. The molecule has 1 aromatic heterocycles. The van der Waals surface area contributed by atoms with Crippen molar-refractivity contribution in [3.05, 3.63) is 46.7 Å². The van der Waals surface area contributed by atoms with Gasteiger partial charge < -0.3 is 9.64 Å². The summed E-state index contributed by atoms with van der Waals surface area (Å²) >= 11 is 1.44. The van der Waals surface area contributed by atoms with E-state index in [4.69, 9.17) is 4.74 Å². The molecule has 0 fully saturated rings. The van der Waals surface area contributed by atoms with Crippen LogP contribution in [0.4, 0.5) is 5.69 Å². The zero-order valence-electron chi connectivity index (χ0n) is 9.71. The van der Waals surface area contributed by atoms with Crippen LogP contribution in [-0.2, 0) is 0 Å². The van der Waals surface area contributed by atoms with Crippen molar-refractivity contribution in [3.8, 4) is 5.75 Å². The lowest BCUT2D eigenvalue weighted by molar-refractivity contribution is 0.0997. The average molecular weight is 247 g/mol. The number of hydrogen-bond donors (Lipinski definition) is 0. The van der Waals surface area contributed by atoms with E-state index >= 15 is 0 Å². The quantitative estimate of drug-likeness (QED) is 0.834. The van der Waals surface area contributed by atoms with Gasteiger partial charge in [-0.3, -0.25) is 4.79 Å². The highest BCUT2D eigenvalue weighted by molar-refractivity contribution is 7.12. The largest absolute Gasteiger partial charge is 0.497 e. The van der Waals surface area contributed by atoms with Crippen LogP contribution in [0.15, 0.2) is 41.8 Å². The molecule has 0 bridgehead atoms. The highest BCUT2D eigenvalue weighted by atomic mass is 32.1. The molecule has 0 saturated heterocycles. The van der Waals surface area contributed by atoms with Crippen molar-refractivity contribution < 1.29 is 9.53 Å². The molecule has 0 radical (unpaired) electrons. The van der Waals surface area contributed by atoms with Crippen LogP contribution in [0.5, 0.6) is 5.75 Å². The molecule has 0 spiro atoms. The summed E-state index contributed by atoms with van der Waals surface area (Å²) in [5.74, 6) is 0.738. The third-order valence-electron chi connectivity index (χ3n) is 2.48. The minimum atomic E-state index is -0.00625. The number of benzene rings is 1. The minimum absolute atomic E-state index is 0.00625. The Bertz CT molecular complexity index is 508. The first-order valence-corrected chi connectivity index (χ1v) is 6.06. The molecule has 1 heterocycles. The van der Waals surface area contributed by atoms with Crippen LogP contribution in [-0.4, -0.2) is 20.1 Å². The maximum Gasteiger partial charge on any atom is 0.268 e. The van der Waals surface area contributed by atoms with E-state index in [0.29, 0.717) is 0 Å². The van der Waals surface area contributed by atoms with Gasteiger partial charge in [-0.2, -0.15) is 0 Å². The number of nitrogens with zero attached hydrogens (tertiary/aromatic N) is 1. The van der Waals surface area contributed by atoms with Crippen LogP contribution in [0, 0.1) is 0 Å². The van der Waals surface area contributed by atoms with Gasteiger partial charge in [0.15, 0.2) is 0 Å². The van der Waals surface area contributed by atoms with Gasteiger partial charge in [-0.05, 0) is 23.6 Å². The van der Waals surface area contributed by atoms with E-state index in [2.05, 4.69) is 0 Å². The van der Waals surface area contributed by atoms with E-state index in [1.165, 1.54) is 11.3 Å². The number of rotatable bonds is 3. The van der Waals surface area contributed by atoms with E-state index in [-0.39, 0.29) is 5.91 Å². The standard InChI is InChI=1S/C13H13NO2S/c1-14(13(15)12-7-4-8-17-12)10-5-3-6-11(9-10)16-2/h3-9H,1-2H3. The monoisotopic (exact) mass is 247 g/mol. The molecule has 4 heteroatoms. The second-order valence-electron chi connectivity index (χ2n) is 3.54. The van der Waals surface area contributed by atoms with E-state index < -0.39 is 0 Å². The Labute approximate surface area is 104 Å². The summed E-state index contributed by atoms with van der Waals surface area (Å²) in [6, 6.07) is 11.1. The lowest BCUT2D eigenvalue weighted by Gasteiger charge is -2.17. The molecular formula is C13H13NO2S. The fourth-order valence-electron chi connectivity index (χ4n) is 1.50. The summed E-state index contributed by atoms with van der Waals surface area (Å²) in [5.41, 5.74) is 0.822. The normalized spacial score (nSPS) is 10.0. The van der Waals surface area contributed by atoms with E-state index in [9.17, 15) is 4.79 Å². The number of methoxy groups -OCH3 is 1. The highest BCUT2D eigenvalue weighted by Gasteiger charge is 2.14. The van der Waals surface area contributed by atoms with Crippen molar-refractivity contribution in [1.29, 1.82) is 0 Å². The molecule has 0 aliphatic carbocycles. The van der Waals surface area contributed by atoms with Crippen molar-refractivity contribution in [1.82, 2.24) is 0 Å². The number of carbonyl (C=O) groups excluding carboxylic acids is 1. The van der Waals surface area contributed by atoms with E-state index in [1.54, 1.807) is 19.1 Å². The predicted molar refractivity (Wildman–Crippen MR) is 70.0 cm³/mol. The van der Waals surface area contributed by atoms with Gasteiger partial charge in [-0.15, -0.1) is 11.3 Å². The van der Waals surface area contributed by atoms with Crippen molar-refractivity contribution in [2.75, 3.05) is 19.1 Å². The van der Waals surface area contributed by atoms with E-state index in [0.717, 1.165) is 16.3 Å². The van der Waals surface area contributed by atoms with Crippen molar-refractivity contribution in [3.63, 3.8) is 0 Å². The third-order valence-corrected chi connectivity index (χ3v) is 3.34. The number of thiophene rings is 1. The molecule has 3 nitrogen and oxygen atoms in total. The minimum Gasteiger partial charge on any atom is -0.497 e. The van der Waals surface area contributed by atoms with Gasteiger partial charge >= 0.3 is 0 Å². The van der Waals surface area contributed by atoms with Crippen molar-refractivity contribution >= 4 is 22.9 Å². The van der Waals surface area contributed by atoms with Gasteiger partial charge in [0.05, 0.1) is 12.0 Å². The smallest absolute Gasteiger partial charge is 0.268 e. The highest BCUT2D eigenvalue weighted by Crippen LogP contribution is 2.22. The molecule has 1 aromatic carbocycles. The average Bonchev–Trinajstić information content (AvgIpc) is 2.91. The lowest BCUT2D eigenvalue weighted by atomic mass is 10.2. The Hall–Kier alpha value is -1.81. The molecule has 0 unspecified atom stereocenters. The summed E-state index contributed by atoms with van der Waals surface area (Å²) in [6.45, 7) is 0. The number of ether oxygens (including phenoxy) is 1. The topological polar surface area (TPSA) is 29.5 Å². The van der Waals surface area contributed by atoms with Crippen LogP contribution in [0.2, 0.25) is 0 Å². The van der Waals surface area contributed by atoms with Gasteiger partial charge in [0, 0.05) is 18.8 Å². The number of anilines is 1. The third kappa shape index (κ3) is 2.47. The first-order valence-electron chi connectivity index (χ1n) is 5.18. The van der Waals surface area contributed by atoms with Gasteiger partial charge in [-0.25, -0.2) is 0 Å². The van der Waals surface area contributed by atoms with Gasteiger partial charge in [-0.1, -0.05) is 12.1 Å². The zero-order chi connectivity index (χ0) is 12.3. The number of carbonyl (C=O) groups is 1. The molecule has 2 aromatic rings. The molecule has 0 N–H and O–H groups in total. The van der Waals surface area contributed by atoms with Crippen LogP contribution in [0.1, 0.15) is 9.67 Å². The SMILES string of the molecule is COc1cccc(N(C)C(=O)c2cccs2)c1. The summed E-state index contributed by atoms with van der Waals surface area (Å²) in [5, 5.41) is 1.90. The van der Waals surface area contributed by atoms with Gasteiger partial charge in [0.1, 0.15) is 5.75 Å². The maximum absolute atomic E-state index is 12.1. The summed E-state index contributed by atoms with van der Waals surface area (Å²) in [6.07, 6.45) is 0. The second-order valence-corrected chi connectivity index (χ2v) is 4.49.